The Labute approximate surface area is 81.2 Å². The zero-order chi connectivity index (χ0) is 9.42. The SMILES string of the molecule is O=C(O)c1cn2c(Br)cncc2n1. The van der Waals surface area contributed by atoms with Crippen LogP contribution in [0.3, 0.4) is 0 Å². The van der Waals surface area contributed by atoms with Crippen molar-refractivity contribution in [3.8, 4) is 0 Å². The first-order valence-corrected chi connectivity index (χ1v) is 4.19. The molecule has 0 radical (unpaired) electrons. The predicted molar refractivity (Wildman–Crippen MR) is 47.6 cm³/mol. The monoisotopic (exact) mass is 241 g/mol. The van der Waals surface area contributed by atoms with Crippen molar-refractivity contribution in [2.24, 2.45) is 0 Å². The first kappa shape index (κ1) is 8.18. The van der Waals surface area contributed by atoms with Gasteiger partial charge in [-0.05, 0) is 15.9 Å². The number of fused-ring (bicyclic) bond motifs is 1. The first-order chi connectivity index (χ1) is 6.18. The molecule has 6 heteroatoms. The summed E-state index contributed by atoms with van der Waals surface area (Å²) in [4.78, 5) is 18.3. The minimum Gasteiger partial charge on any atom is -0.476 e. The van der Waals surface area contributed by atoms with Gasteiger partial charge < -0.3 is 5.11 Å². The van der Waals surface area contributed by atoms with E-state index in [4.69, 9.17) is 5.11 Å². The van der Waals surface area contributed by atoms with E-state index in [0.717, 1.165) is 0 Å². The maximum Gasteiger partial charge on any atom is 0.356 e. The third kappa shape index (κ3) is 1.29. The zero-order valence-electron chi connectivity index (χ0n) is 6.31. The summed E-state index contributed by atoms with van der Waals surface area (Å²) in [5, 5.41) is 8.67. The third-order valence-electron chi connectivity index (χ3n) is 1.55. The molecule has 0 atom stereocenters. The molecule has 0 aliphatic heterocycles. The van der Waals surface area contributed by atoms with Crippen LogP contribution < -0.4 is 0 Å². The molecule has 0 aliphatic rings. The van der Waals surface area contributed by atoms with Crippen molar-refractivity contribution in [2.45, 2.75) is 0 Å². The molecule has 0 fully saturated rings. The highest BCUT2D eigenvalue weighted by Gasteiger charge is 2.09. The number of halogens is 1. The standard InChI is InChI=1S/C7H4BrN3O2/c8-5-1-9-2-6-10-4(7(12)13)3-11(5)6/h1-3H,(H,12,13). The van der Waals surface area contributed by atoms with E-state index in [-0.39, 0.29) is 5.69 Å². The summed E-state index contributed by atoms with van der Waals surface area (Å²) < 4.78 is 2.28. The normalized spacial score (nSPS) is 10.5. The zero-order valence-corrected chi connectivity index (χ0v) is 7.89. The highest BCUT2D eigenvalue weighted by molar-refractivity contribution is 9.10. The summed E-state index contributed by atoms with van der Waals surface area (Å²) in [5.74, 6) is -1.05. The number of hydrogen-bond acceptors (Lipinski definition) is 3. The molecule has 0 bridgehead atoms. The van der Waals surface area contributed by atoms with Crippen molar-refractivity contribution in [3.05, 3.63) is 28.9 Å². The molecule has 13 heavy (non-hydrogen) atoms. The van der Waals surface area contributed by atoms with E-state index in [9.17, 15) is 4.79 Å². The number of imidazole rings is 1. The molecule has 2 aromatic heterocycles. The van der Waals surface area contributed by atoms with Crippen LogP contribution in [0.15, 0.2) is 23.2 Å². The lowest BCUT2D eigenvalue weighted by molar-refractivity contribution is 0.0691. The molecular weight excluding hydrogens is 238 g/mol. The number of carboxylic acid groups (broad SMARTS) is 1. The van der Waals surface area contributed by atoms with Gasteiger partial charge in [0.25, 0.3) is 0 Å². The topological polar surface area (TPSA) is 67.5 Å². The molecular formula is C7H4BrN3O2. The minimum atomic E-state index is -1.05. The van der Waals surface area contributed by atoms with E-state index in [0.29, 0.717) is 10.3 Å². The largest absolute Gasteiger partial charge is 0.476 e. The molecule has 0 aliphatic carbocycles. The summed E-state index contributed by atoms with van der Waals surface area (Å²) in [6.07, 6.45) is 4.50. The molecule has 2 aromatic rings. The highest BCUT2D eigenvalue weighted by Crippen LogP contribution is 2.12. The summed E-state index contributed by atoms with van der Waals surface area (Å²) in [6, 6.07) is 0. The molecule has 0 aromatic carbocycles. The van der Waals surface area contributed by atoms with Crippen LogP contribution in [0.4, 0.5) is 0 Å². The Bertz CT molecular complexity index is 480. The molecule has 0 spiro atoms. The van der Waals surface area contributed by atoms with Gasteiger partial charge in [-0.25, -0.2) is 9.78 Å². The van der Waals surface area contributed by atoms with Gasteiger partial charge in [0, 0.05) is 6.20 Å². The molecule has 0 amide bonds. The van der Waals surface area contributed by atoms with Crippen LogP contribution in [0.2, 0.25) is 0 Å². The van der Waals surface area contributed by atoms with Gasteiger partial charge in [-0.3, -0.25) is 9.38 Å². The molecule has 2 heterocycles. The Balaban J connectivity index is 2.75. The molecule has 2 rings (SSSR count). The smallest absolute Gasteiger partial charge is 0.356 e. The van der Waals surface area contributed by atoms with Crippen LogP contribution in [-0.2, 0) is 0 Å². The lowest BCUT2D eigenvalue weighted by atomic mass is 10.5. The summed E-state index contributed by atoms with van der Waals surface area (Å²) >= 11 is 3.23. The van der Waals surface area contributed by atoms with Crippen LogP contribution >= 0.6 is 15.9 Å². The van der Waals surface area contributed by atoms with Crippen molar-refractivity contribution in [1.29, 1.82) is 0 Å². The molecule has 0 saturated carbocycles. The first-order valence-electron chi connectivity index (χ1n) is 3.40. The fourth-order valence-electron chi connectivity index (χ4n) is 0.987. The van der Waals surface area contributed by atoms with Crippen LogP contribution in [0.25, 0.3) is 5.65 Å². The third-order valence-corrected chi connectivity index (χ3v) is 2.14. The Morgan fingerprint density at radius 3 is 2.92 bits per heavy atom. The second kappa shape index (κ2) is 2.81. The predicted octanol–water partition coefficient (Wildman–Crippen LogP) is 1.19. The van der Waals surface area contributed by atoms with E-state index in [1.165, 1.54) is 12.4 Å². The van der Waals surface area contributed by atoms with E-state index in [1.807, 2.05) is 0 Å². The molecule has 66 valence electrons. The van der Waals surface area contributed by atoms with Gasteiger partial charge in [0.1, 0.15) is 4.60 Å². The number of aromatic nitrogens is 3. The van der Waals surface area contributed by atoms with Gasteiger partial charge >= 0.3 is 5.97 Å². The van der Waals surface area contributed by atoms with Crippen molar-refractivity contribution >= 4 is 27.5 Å². The second-order valence-corrected chi connectivity index (χ2v) is 3.20. The van der Waals surface area contributed by atoms with Gasteiger partial charge in [-0.1, -0.05) is 0 Å². The number of nitrogens with zero attached hydrogens (tertiary/aromatic N) is 3. The van der Waals surface area contributed by atoms with Crippen LogP contribution in [-0.4, -0.2) is 25.4 Å². The van der Waals surface area contributed by atoms with Crippen molar-refractivity contribution < 1.29 is 9.90 Å². The van der Waals surface area contributed by atoms with Crippen LogP contribution in [0, 0.1) is 0 Å². The average Bonchev–Trinajstić information content (AvgIpc) is 2.49. The van der Waals surface area contributed by atoms with Gasteiger partial charge in [-0.15, -0.1) is 0 Å². The van der Waals surface area contributed by atoms with Gasteiger partial charge in [0.15, 0.2) is 11.3 Å². The molecule has 1 N–H and O–H groups in total. The summed E-state index contributed by atoms with van der Waals surface area (Å²) in [5.41, 5.74) is 0.514. The maximum atomic E-state index is 10.6. The van der Waals surface area contributed by atoms with E-state index < -0.39 is 5.97 Å². The fourth-order valence-corrected chi connectivity index (χ4v) is 1.39. The Morgan fingerprint density at radius 1 is 1.54 bits per heavy atom. The van der Waals surface area contributed by atoms with E-state index >= 15 is 0 Å². The number of hydrogen-bond donors (Lipinski definition) is 1. The van der Waals surface area contributed by atoms with E-state index in [1.54, 1.807) is 10.6 Å². The Hall–Kier alpha value is -1.43. The Kier molecular flexibility index (Phi) is 1.77. The average molecular weight is 242 g/mol. The van der Waals surface area contributed by atoms with Gasteiger partial charge in [0.05, 0.1) is 12.4 Å². The highest BCUT2D eigenvalue weighted by atomic mass is 79.9. The Morgan fingerprint density at radius 2 is 2.31 bits per heavy atom. The fraction of sp³-hybridized carbons (Fsp3) is 0. The van der Waals surface area contributed by atoms with Crippen molar-refractivity contribution in [3.63, 3.8) is 0 Å². The number of aromatic carboxylic acids is 1. The van der Waals surface area contributed by atoms with E-state index in [2.05, 4.69) is 25.9 Å². The van der Waals surface area contributed by atoms with Crippen molar-refractivity contribution in [2.75, 3.05) is 0 Å². The lowest BCUT2D eigenvalue weighted by Crippen LogP contribution is -1.94. The summed E-state index contributed by atoms with van der Waals surface area (Å²) in [6.45, 7) is 0. The van der Waals surface area contributed by atoms with Crippen LogP contribution in [0.1, 0.15) is 10.5 Å². The number of carbonyl (C=O) groups is 1. The van der Waals surface area contributed by atoms with Gasteiger partial charge in [0.2, 0.25) is 0 Å². The molecule has 5 nitrogen and oxygen atoms in total. The maximum absolute atomic E-state index is 10.6. The lowest BCUT2D eigenvalue weighted by Gasteiger charge is -1.92. The van der Waals surface area contributed by atoms with Crippen molar-refractivity contribution in [1.82, 2.24) is 14.4 Å². The second-order valence-electron chi connectivity index (χ2n) is 2.39. The minimum absolute atomic E-state index is 0.00806. The van der Waals surface area contributed by atoms with Crippen LogP contribution in [0.5, 0.6) is 0 Å². The molecule has 0 unspecified atom stereocenters. The number of rotatable bonds is 1. The number of carboxylic acids is 1. The van der Waals surface area contributed by atoms with Gasteiger partial charge in [-0.2, -0.15) is 0 Å². The summed E-state index contributed by atoms with van der Waals surface area (Å²) in [7, 11) is 0. The molecule has 0 saturated heterocycles. The quantitative estimate of drug-likeness (QED) is 0.815.